The molecule has 1 aliphatic heterocycles. The minimum atomic E-state index is -0.482. The molecule has 3 heteroatoms. The summed E-state index contributed by atoms with van der Waals surface area (Å²) in [6.07, 6.45) is 2.01. The normalized spacial score (nSPS) is 34.1. The standard InChI is InChI=1S/C8H16ClNO/c1-8(11)3-2-5-10(7-8)6-4-9/h11H,2-7H2,1H3. The highest BCUT2D eigenvalue weighted by atomic mass is 35.5. The van der Waals surface area contributed by atoms with Crippen LogP contribution in [0.5, 0.6) is 0 Å². The summed E-state index contributed by atoms with van der Waals surface area (Å²) in [5.74, 6) is 0.663. The molecule has 0 radical (unpaired) electrons. The average Bonchev–Trinajstić information content (AvgIpc) is 1.85. The van der Waals surface area contributed by atoms with Gasteiger partial charge in [0.05, 0.1) is 5.60 Å². The summed E-state index contributed by atoms with van der Waals surface area (Å²) in [5, 5.41) is 9.69. The van der Waals surface area contributed by atoms with Gasteiger partial charge in [-0.05, 0) is 26.3 Å². The van der Waals surface area contributed by atoms with Crippen molar-refractivity contribution >= 4 is 11.6 Å². The number of β-amino-alcohol motifs (C(OH)–C–C–N with tert-alkyl or cyclic N) is 1. The Balaban J connectivity index is 2.34. The molecule has 0 aromatic carbocycles. The molecule has 1 heterocycles. The molecule has 1 atom stereocenters. The topological polar surface area (TPSA) is 23.5 Å². The first-order valence-electron chi connectivity index (χ1n) is 4.15. The van der Waals surface area contributed by atoms with E-state index in [4.69, 9.17) is 11.6 Å². The summed E-state index contributed by atoms with van der Waals surface area (Å²) in [5.41, 5.74) is -0.482. The zero-order valence-corrected chi connectivity index (χ0v) is 7.77. The second kappa shape index (κ2) is 3.74. The highest BCUT2D eigenvalue weighted by Crippen LogP contribution is 2.19. The fraction of sp³-hybridized carbons (Fsp3) is 1.00. The first-order chi connectivity index (χ1) is 5.14. The Bertz CT molecular complexity index is 125. The van der Waals surface area contributed by atoms with Crippen molar-refractivity contribution in [3.8, 4) is 0 Å². The first kappa shape index (κ1) is 9.30. The molecule has 1 saturated heterocycles. The maximum atomic E-state index is 9.69. The van der Waals surface area contributed by atoms with E-state index in [1.807, 2.05) is 6.92 Å². The van der Waals surface area contributed by atoms with Crippen molar-refractivity contribution < 1.29 is 5.11 Å². The Labute approximate surface area is 73.1 Å². The molecule has 0 bridgehead atoms. The van der Waals surface area contributed by atoms with Crippen LogP contribution in [0.2, 0.25) is 0 Å². The predicted molar refractivity (Wildman–Crippen MR) is 47.0 cm³/mol. The maximum absolute atomic E-state index is 9.69. The largest absolute Gasteiger partial charge is 0.389 e. The lowest BCUT2D eigenvalue weighted by Crippen LogP contribution is -2.46. The van der Waals surface area contributed by atoms with Gasteiger partial charge in [-0.2, -0.15) is 0 Å². The summed E-state index contributed by atoms with van der Waals surface area (Å²) < 4.78 is 0. The van der Waals surface area contributed by atoms with E-state index in [-0.39, 0.29) is 0 Å². The van der Waals surface area contributed by atoms with Crippen LogP contribution in [0.15, 0.2) is 0 Å². The molecule has 0 saturated carbocycles. The van der Waals surface area contributed by atoms with Crippen molar-refractivity contribution in [1.29, 1.82) is 0 Å². The average molecular weight is 178 g/mol. The molecular weight excluding hydrogens is 162 g/mol. The molecule has 2 nitrogen and oxygen atoms in total. The number of likely N-dealkylation sites (tertiary alicyclic amines) is 1. The number of alkyl halides is 1. The Morgan fingerprint density at radius 1 is 1.64 bits per heavy atom. The van der Waals surface area contributed by atoms with Crippen molar-refractivity contribution in [2.24, 2.45) is 0 Å². The lowest BCUT2D eigenvalue weighted by atomic mass is 9.95. The van der Waals surface area contributed by atoms with Crippen LogP contribution in [0.25, 0.3) is 0 Å². The van der Waals surface area contributed by atoms with E-state index in [9.17, 15) is 5.11 Å². The third-order valence-corrected chi connectivity index (χ3v) is 2.32. The summed E-state index contributed by atoms with van der Waals surface area (Å²) in [6.45, 7) is 4.66. The van der Waals surface area contributed by atoms with Gasteiger partial charge < -0.3 is 5.11 Å². The molecule has 11 heavy (non-hydrogen) atoms. The van der Waals surface area contributed by atoms with Crippen LogP contribution in [0.1, 0.15) is 19.8 Å². The van der Waals surface area contributed by atoms with Crippen LogP contribution in [0.4, 0.5) is 0 Å². The van der Waals surface area contributed by atoms with Gasteiger partial charge in [0.1, 0.15) is 0 Å². The van der Waals surface area contributed by atoms with Crippen LogP contribution in [0.3, 0.4) is 0 Å². The summed E-state index contributed by atoms with van der Waals surface area (Å²) in [6, 6.07) is 0. The highest BCUT2D eigenvalue weighted by molar-refractivity contribution is 6.18. The van der Waals surface area contributed by atoms with Crippen LogP contribution < -0.4 is 0 Å². The molecule has 0 amide bonds. The minimum absolute atomic E-state index is 0.482. The van der Waals surface area contributed by atoms with Gasteiger partial charge in [0, 0.05) is 19.0 Å². The molecule has 1 rings (SSSR count). The lowest BCUT2D eigenvalue weighted by molar-refractivity contribution is -0.0134. The Morgan fingerprint density at radius 2 is 2.36 bits per heavy atom. The third-order valence-electron chi connectivity index (χ3n) is 2.15. The van der Waals surface area contributed by atoms with E-state index >= 15 is 0 Å². The zero-order valence-electron chi connectivity index (χ0n) is 7.02. The summed E-state index contributed by atoms with van der Waals surface area (Å²) in [7, 11) is 0. The molecular formula is C8H16ClNO. The van der Waals surface area contributed by atoms with E-state index < -0.39 is 5.60 Å². The fourth-order valence-electron chi connectivity index (χ4n) is 1.63. The van der Waals surface area contributed by atoms with Crippen molar-refractivity contribution in [2.75, 3.05) is 25.5 Å². The number of halogens is 1. The Hall–Kier alpha value is 0.210. The van der Waals surface area contributed by atoms with E-state index in [1.54, 1.807) is 0 Å². The van der Waals surface area contributed by atoms with Gasteiger partial charge in [-0.1, -0.05) is 0 Å². The predicted octanol–water partition coefficient (Wildman–Crippen LogP) is 1.07. The number of hydrogen-bond acceptors (Lipinski definition) is 2. The molecule has 1 unspecified atom stereocenters. The van der Waals surface area contributed by atoms with Gasteiger partial charge >= 0.3 is 0 Å². The molecule has 0 aliphatic carbocycles. The second-order valence-electron chi connectivity index (χ2n) is 3.57. The molecule has 0 aromatic rings. The van der Waals surface area contributed by atoms with Gasteiger partial charge in [0.25, 0.3) is 0 Å². The van der Waals surface area contributed by atoms with E-state index in [0.717, 1.165) is 32.5 Å². The molecule has 1 N–H and O–H groups in total. The van der Waals surface area contributed by atoms with Crippen LogP contribution >= 0.6 is 11.6 Å². The van der Waals surface area contributed by atoms with Crippen molar-refractivity contribution in [1.82, 2.24) is 4.90 Å². The molecule has 1 fully saturated rings. The Morgan fingerprint density at radius 3 is 2.91 bits per heavy atom. The van der Waals surface area contributed by atoms with Crippen molar-refractivity contribution in [2.45, 2.75) is 25.4 Å². The minimum Gasteiger partial charge on any atom is -0.389 e. The Kier molecular flexibility index (Phi) is 3.16. The summed E-state index contributed by atoms with van der Waals surface area (Å²) in [4.78, 5) is 2.22. The third kappa shape index (κ3) is 2.97. The van der Waals surface area contributed by atoms with Crippen molar-refractivity contribution in [3.63, 3.8) is 0 Å². The van der Waals surface area contributed by atoms with Gasteiger partial charge in [-0.3, -0.25) is 4.90 Å². The number of piperidine rings is 1. The van der Waals surface area contributed by atoms with Crippen molar-refractivity contribution in [3.05, 3.63) is 0 Å². The van der Waals surface area contributed by atoms with E-state index in [1.165, 1.54) is 0 Å². The monoisotopic (exact) mass is 177 g/mol. The number of hydrogen-bond donors (Lipinski definition) is 1. The molecule has 1 aliphatic rings. The zero-order chi connectivity index (χ0) is 8.32. The van der Waals surface area contributed by atoms with Gasteiger partial charge in [-0.25, -0.2) is 0 Å². The van der Waals surface area contributed by atoms with E-state index in [0.29, 0.717) is 5.88 Å². The van der Waals surface area contributed by atoms with E-state index in [2.05, 4.69) is 4.90 Å². The van der Waals surface area contributed by atoms with Gasteiger partial charge in [-0.15, -0.1) is 11.6 Å². The number of nitrogens with zero attached hydrogens (tertiary/aromatic N) is 1. The van der Waals surface area contributed by atoms with Crippen LogP contribution in [-0.2, 0) is 0 Å². The first-order valence-corrected chi connectivity index (χ1v) is 4.68. The van der Waals surface area contributed by atoms with Crippen LogP contribution in [-0.4, -0.2) is 41.1 Å². The summed E-state index contributed by atoms with van der Waals surface area (Å²) >= 11 is 5.60. The SMILES string of the molecule is CC1(O)CCCN(CCCl)C1. The molecule has 66 valence electrons. The highest BCUT2D eigenvalue weighted by Gasteiger charge is 2.27. The van der Waals surface area contributed by atoms with Gasteiger partial charge in [0.2, 0.25) is 0 Å². The second-order valence-corrected chi connectivity index (χ2v) is 3.94. The lowest BCUT2D eigenvalue weighted by Gasteiger charge is -2.36. The molecule has 0 spiro atoms. The number of aliphatic hydroxyl groups is 1. The smallest absolute Gasteiger partial charge is 0.0746 e. The van der Waals surface area contributed by atoms with Gasteiger partial charge in [0.15, 0.2) is 0 Å². The number of rotatable bonds is 2. The fourth-order valence-corrected chi connectivity index (χ4v) is 1.87. The maximum Gasteiger partial charge on any atom is 0.0746 e. The molecule has 0 aromatic heterocycles. The van der Waals surface area contributed by atoms with Crippen LogP contribution in [0, 0.1) is 0 Å². The quantitative estimate of drug-likeness (QED) is 0.638.